The number of allylic oxidation sites excluding steroid dienone is 2. The number of aryl methyl sites for hydroxylation is 1. The minimum atomic E-state index is -0.945. The first kappa shape index (κ1) is 17.4. The first-order valence-corrected chi connectivity index (χ1v) is 10.7. The van der Waals surface area contributed by atoms with Gasteiger partial charge in [0.1, 0.15) is 11.4 Å². The highest BCUT2D eigenvalue weighted by Gasteiger charge is 2.59. The molecule has 2 nitrogen and oxygen atoms in total. The van der Waals surface area contributed by atoms with E-state index in [9.17, 15) is 5.11 Å². The lowest BCUT2D eigenvalue weighted by Crippen LogP contribution is -2.47. The predicted molar refractivity (Wildman–Crippen MR) is 108 cm³/mol. The Morgan fingerprint density at radius 3 is 2.78 bits per heavy atom. The Bertz CT molecular complexity index is 825. The number of ether oxygens (including phenoxy) is 1. The first-order valence-electron chi connectivity index (χ1n) is 10.7. The molecule has 2 fully saturated rings. The maximum atomic E-state index is 11.0. The Morgan fingerprint density at radius 2 is 2.00 bits per heavy atom. The van der Waals surface area contributed by atoms with Crippen molar-refractivity contribution in [3.05, 3.63) is 35.4 Å². The van der Waals surface area contributed by atoms with Crippen molar-refractivity contribution in [3.8, 4) is 18.1 Å². The molecular formula is C25H30O2. The van der Waals surface area contributed by atoms with E-state index in [-0.39, 0.29) is 5.41 Å². The molecule has 1 unspecified atom stereocenters. The van der Waals surface area contributed by atoms with Crippen LogP contribution in [0.15, 0.2) is 24.3 Å². The lowest BCUT2D eigenvalue weighted by atomic mass is 9.57. The average molecular weight is 363 g/mol. The summed E-state index contributed by atoms with van der Waals surface area (Å²) >= 11 is 0. The van der Waals surface area contributed by atoms with Crippen molar-refractivity contribution in [2.45, 2.75) is 76.4 Å². The van der Waals surface area contributed by atoms with Crippen LogP contribution in [0.4, 0.5) is 0 Å². The molecule has 0 radical (unpaired) electrons. The van der Waals surface area contributed by atoms with E-state index in [1.165, 1.54) is 42.4 Å². The molecule has 27 heavy (non-hydrogen) atoms. The molecule has 0 spiro atoms. The highest BCUT2D eigenvalue weighted by Crippen LogP contribution is 2.62. The third-order valence-corrected chi connectivity index (χ3v) is 8.17. The van der Waals surface area contributed by atoms with Crippen molar-refractivity contribution >= 4 is 5.57 Å². The Morgan fingerprint density at radius 1 is 1.19 bits per heavy atom. The molecule has 0 aromatic heterocycles. The molecule has 142 valence electrons. The van der Waals surface area contributed by atoms with Crippen molar-refractivity contribution in [2.75, 3.05) is 0 Å². The molecule has 2 heteroatoms. The molecule has 4 aliphatic carbocycles. The monoisotopic (exact) mass is 362 g/mol. The van der Waals surface area contributed by atoms with Crippen LogP contribution in [0.25, 0.3) is 5.57 Å². The predicted octanol–water partition coefficient (Wildman–Crippen LogP) is 5.14. The van der Waals surface area contributed by atoms with Gasteiger partial charge in [-0.25, -0.2) is 0 Å². The van der Waals surface area contributed by atoms with Gasteiger partial charge in [-0.3, -0.25) is 0 Å². The van der Waals surface area contributed by atoms with Crippen molar-refractivity contribution in [1.29, 1.82) is 0 Å². The fourth-order valence-corrected chi connectivity index (χ4v) is 6.48. The second kappa shape index (κ2) is 6.14. The van der Waals surface area contributed by atoms with Gasteiger partial charge in [0.2, 0.25) is 0 Å². The molecule has 0 aliphatic heterocycles. The van der Waals surface area contributed by atoms with E-state index in [0.717, 1.165) is 37.9 Å². The summed E-state index contributed by atoms with van der Waals surface area (Å²) < 4.78 is 6.23. The second-order valence-corrected chi connectivity index (χ2v) is 9.42. The largest absolute Gasteiger partial charge is 0.490 e. The molecule has 5 rings (SSSR count). The van der Waals surface area contributed by atoms with E-state index in [2.05, 4.69) is 37.1 Å². The fraction of sp³-hybridized carbons (Fsp3) is 0.600. The molecule has 2 saturated carbocycles. The van der Waals surface area contributed by atoms with Gasteiger partial charge in [0, 0.05) is 5.41 Å². The molecule has 1 N–H and O–H groups in total. The standard InChI is InChI=1S/C25H30O2/c1-3-25(26)15-13-23-22-10-8-17-16-19(27-18-6-4-5-7-18)9-11-20(17)21(22)12-14-24(23,25)2/h1,9,11-12,16,18,22-23,26H,4-8,10,13-15H2,2H3/t22-,23+,24+,25?/m1/s1. The molecule has 1 aromatic rings. The van der Waals surface area contributed by atoms with Gasteiger partial charge in [-0.1, -0.05) is 25.0 Å². The van der Waals surface area contributed by atoms with Crippen LogP contribution in [0, 0.1) is 29.6 Å². The number of rotatable bonds is 2. The lowest BCUT2D eigenvalue weighted by Gasteiger charge is -2.48. The van der Waals surface area contributed by atoms with Crippen LogP contribution in [0.1, 0.15) is 69.4 Å². The molecule has 0 saturated heterocycles. The number of hydrogen-bond donors (Lipinski definition) is 1. The van der Waals surface area contributed by atoms with Crippen LogP contribution in [0.5, 0.6) is 5.75 Å². The second-order valence-electron chi connectivity index (χ2n) is 9.42. The average Bonchev–Trinajstić information content (AvgIpc) is 3.28. The van der Waals surface area contributed by atoms with Gasteiger partial charge >= 0.3 is 0 Å². The van der Waals surface area contributed by atoms with E-state index in [0.29, 0.717) is 17.9 Å². The Labute approximate surface area is 163 Å². The fourth-order valence-electron chi connectivity index (χ4n) is 6.48. The topological polar surface area (TPSA) is 29.5 Å². The van der Waals surface area contributed by atoms with Gasteiger partial charge in [0.15, 0.2) is 0 Å². The van der Waals surface area contributed by atoms with Crippen LogP contribution in [0.3, 0.4) is 0 Å². The van der Waals surface area contributed by atoms with Gasteiger partial charge < -0.3 is 9.84 Å². The van der Waals surface area contributed by atoms with Gasteiger partial charge in [-0.05, 0) is 98.5 Å². The third-order valence-electron chi connectivity index (χ3n) is 8.17. The maximum absolute atomic E-state index is 11.0. The highest BCUT2D eigenvalue weighted by molar-refractivity contribution is 5.74. The quantitative estimate of drug-likeness (QED) is 0.738. The molecular weight excluding hydrogens is 332 g/mol. The summed E-state index contributed by atoms with van der Waals surface area (Å²) in [5.41, 5.74) is 3.20. The van der Waals surface area contributed by atoms with Crippen molar-refractivity contribution in [2.24, 2.45) is 17.3 Å². The first-order chi connectivity index (χ1) is 13.0. The van der Waals surface area contributed by atoms with E-state index in [1.54, 1.807) is 0 Å². The van der Waals surface area contributed by atoms with Crippen LogP contribution >= 0.6 is 0 Å². The molecule has 0 bridgehead atoms. The highest BCUT2D eigenvalue weighted by atomic mass is 16.5. The summed E-state index contributed by atoms with van der Waals surface area (Å²) in [7, 11) is 0. The zero-order valence-electron chi connectivity index (χ0n) is 16.3. The van der Waals surface area contributed by atoms with Gasteiger partial charge in [-0.2, -0.15) is 0 Å². The number of fused-ring (bicyclic) bond motifs is 5. The Balaban J connectivity index is 1.45. The number of terminal acetylenes is 1. The summed E-state index contributed by atoms with van der Waals surface area (Å²) in [5, 5.41) is 11.0. The van der Waals surface area contributed by atoms with Gasteiger partial charge in [0.25, 0.3) is 0 Å². The van der Waals surface area contributed by atoms with E-state index < -0.39 is 5.60 Å². The third kappa shape index (κ3) is 2.51. The summed E-state index contributed by atoms with van der Waals surface area (Å²) in [6, 6.07) is 6.73. The van der Waals surface area contributed by atoms with Crippen LogP contribution in [-0.4, -0.2) is 16.8 Å². The number of benzene rings is 1. The van der Waals surface area contributed by atoms with E-state index >= 15 is 0 Å². The summed E-state index contributed by atoms with van der Waals surface area (Å²) in [4.78, 5) is 0. The smallest absolute Gasteiger partial charge is 0.131 e. The zero-order valence-corrected chi connectivity index (χ0v) is 16.3. The van der Waals surface area contributed by atoms with Crippen LogP contribution in [-0.2, 0) is 6.42 Å². The van der Waals surface area contributed by atoms with E-state index in [4.69, 9.17) is 11.2 Å². The Kier molecular flexibility index (Phi) is 3.96. The number of aliphatic hydroxyl groups is 1. The summed E-state index contributed by atoms with van der Waals surface area (Å²) in [5.74, 6) is 4.81. The molecule has 0 heterocycles. The summed E-state index contributed by atoms with van der Waals surface area (Å²) in [6.45, 7) is 2.21. The lowest BCUT2D eigenvalue weighted by molar-refractivity contribution is -0.0299. The summed E-state index contributed by atoms with van der Waals surface area (Å²) in [6.07, 6.45) is 18.5. The molecule has 4 atom stereocenters. The molecule has 4 aliphatic rings. The molecule has 1 aromatic carbocycles. The number of hydrogen-bond acceptors (Lipinski definition) is 2. The zero-order chi connectivity index (χ0) is 18.6. The molecule has 0 amide bonds. The van der Waals surface area contributed by atoms with Crippen LogP contribution in [0.2, 0.25) is 0 Å². The normalized spacial score (nSPS) is 37.7. The van der Waals surface area contributed by atoms with Crippen molar-refractivity contribution in [1.82, 2.24) is 0 Å². The minimum absolute atomic E-state index is 0.182. The van der Waals surface area contributed by atoms with Crippen LogP contribution < -0.4 is 4.74 Å². The maximum Gasteiger partial charge on any atom is 0.131 e. The van der Waals surface area contributed by atoms with E-state index in [1.807, 2.05) is 0 Å². The van der Waals surface area contributed by atoms with Gasteiger partial charge in [-0.15, -0.1) is 6.42 Å². The van der Waals surface area contributed by atoms with Gasteiger partial charge in [0.05, 0.1) is 6.10 Å². The Hall–Kier alpha value is -1.72. The SMILES string of the molecule is C#CC1(O)CC[C@H]2[C@@H]3CCc4cc(OC5CCCC5)ccc4C3=CC[C@@]21C. The minimum Gasteiger partial charge on any atom is -0.490 e. The van der Waals surface area contributed by atoms with Crippen molar-refractivity contribution < 1.29 is 9.84 Å². The van der Waals surface area contributed by atoms with Crippen molar-refractivity contribution in [3.63, 3.8) is 0 Å².